The predicted molar refractivity (Wildman–Crippen MR) is 97.4 cm³/mol. The van der Waals surface area contributed by atoms with E-state index in [1.54, 1.807) is 42.5 Å². The van der Waals surface area contributed by atoms with Crippen molar-refractivity contribution in [2.45, 2.75) is 0 Å². The van der Waals surface area contributed by atoms with E-state index in [0.29, 0.717) is 22.7 Å². The molecule has 6 nitrogen and oxygen atoms in total. The first kappa shape index (κ1) is 17.1. The summed E-state index contributed by atoms with van der Waals surface area (Å²) in [6.07, 6.45) is 6.72. The third-order valence-electron chi connectivity index (χ3n) is 3.73. The quantitative estimate of drug-likeness (QED) is 0.511. The molecule has 0 spiro atoms. The van der Waals surface area contributed by atoms with E-state index in [4.69, 9.17) is 15.9 Å². The Morgan fingerprint density at radius 2 is 1.92 bits per heavy atom. The van der Waals surface area contributed by atoms with E-state index in [-0.39, 0.29) is 12.2 Å². The number of para-hydroxylation sites is 2. The highest BCUT2D eigenvalue weighted by Gasteiger charge is 2.34. The summed E-state index contributed by atoms with van der Waals surface area (Å²) in [6, 6.07) is 14.0. The number of terminal acetylenes is 1. The molecule has 0 aromatic heterocycles. The number of rotatable bonds is 5. The van der Waals surface area contributed by atoms with E-state index < -0.39 is 11.8 Å². The molecule has 1 aliphatic heterocycles. The number of nitrogens with one attached hydrogen (secondary N) is 1. The molecule has 1 heterocycles. The predicted octanol–water partition coefficient (Wildman–Crippen LogP) is 2.17. The lowest BCUT2D eigenvalue weighted by Crippen LogP contribution is -2.35. The smallest absolute Gasteiger partial charge is 0.282 e. The second-order valence-corrected chi connectivity index (χ2v) is 5.35. The molecule has 0 saturated carbocycles. The first-order valence-corrected chi connectivity index (χ1v) is 7.81. The van der Waals surface area contributed by atoms with Crippen LogP contribution in [0.25, 0.3) is 6.08 Å². The molecule has 2 aromatic carbocycles. The molecule has 0 unspecified atom stereocenters. The van der Waals surface area contributed by atoms with Gasteiger partial charge in [0.05, 0.1) is 12.8 Å². The molecule has 130 valence electrons. The van der Waals surface area contributed by atoms with Crippen molar-refractivity contribution >= 4 is 23.6 Å². The fourth-order valence-electron chi connectivity index (χ4n) is 2.55. The Bertz CT molecular complexity index is 913. The molecule has 1 aliphatic rings. The van der Waals surface area contributed by atoms with Crippen LogP contribution in [0.15, 0.2) is 54.1 Å². The van der Waals surface area contributed by atoms with Crippen molar-refractivity contribution in [3.8, 4) is 23.8 Å². The number of benzene rings is 2. The molecule has 0 bridgehead atoms. The topological polar surface area (TPSA) is 67.9 Å². The minimum absolute atomic E-state index is 0.00679. The molecule has 1 fully saturated rings. The van der Waals surface area contributed by atoms with E-state index in [2.05, 4.69) is 11.3 Å². The van der Waals surface area contributed by atoms with E-state index >= 15 is 0 Å². The lowest BCUT2D eigenvalue weighted by molar-refractivity contribution is -0.117. The highest BCUT2D eigenvalue weighted by atomic mass is 16.5. The SMILES string of the molecule is C#CCOc1c(C=C2C(=O)NN(c3ccccc3)C2=O)cccc1OC. The van der Waals surface area contributed by atoms with Gasteiger partial charge in [-0.3, -0.25) is 15.0 Å². The van der Waals surface area contributed by atoms with E-state index in [0.717, 1.165) is 0 Å². The molecular formula is C20H16N2O4. The van der Waals surface area contributed by atoms with Gasteiger partial charge in [-0.25, -0.2) is 5.01 Å². The van der Waals surface area contributed by atoms with E-state index in [9.17, 15) is 9.59 Å². The summed E-state index contributed by atoms with van der Waals surface area (Å²) in [5.74, 6) is 2.27. The Labute approximate surface area is 151 Å². The number of amides is 2. The molecule has 3 rings (SSSR count). The minimum Gasteiger partial charge on any atom is -0.493 e. The molecule has 2 aromatic rings. The highest BCUT2D eigenvalue weighted by Crippen LogP contribution is 2.33. The van der Waals surface area contributed by atoms with Crippen LogP contribution in [0.1, 0.15) is 5.56 Å². The number of hydrogen-bond acceptors (Lipinski definition) is 4. The maximum atomic E-state index is 12.7. The van der Waals surface area contributed by atoms with Gasteiger partial charge in [-0.2, -0.15) is 0 Å². The molecule has 1 saturated heterocycles. The number of carbonyl (C=O) groups excluding carboxylic acids is 2. The zero-order valence-corrected chi connectivity index (χ0v) is 14.1. The van der Waals surface area contributed by atoms with Crippen molar-refractivity contribution in [2.75, 3.05) is 18.7 Å². The average molecular weight is 348 g/mol. The fourth-order valence-corrected chi connectivity index (χ4v) is 2.55. The number of nitrogens with zero attached hydrogens (tertiary/aromatic N) is 1. The van der Waals surface area contributed by atoms with Gasteiger partial charge in [0.15, 0.2) is 11.5 Å². The number of hydrazine groups is 1. The Morgan fingerprint density at radius 3 is 2.62 bits per heavy atom. The van der Waals surface area contributed by atoms with Crippen LogP contribution in [0.2, 0.25) is 0 Å². The monoisotopic (exact) mass is 348 g/mol. The first-order chi connectivity index (χ1) is 12.7. The van der Waals surface area contributed by atoms with Gasteiger partial charge >= 0.3 is 0 Å². The Balaban J connectivity index is 1.99. The maximum Gasteiger partial charge on any atom is 0.282 e. The van der Waals surface area contributed by atoms with Crippen molar-refractivity contribution < 1.29 is 19.1 Å². The van der Waals surface area contributed by atoms with Crippen LogP contribution < -0.4 is 19.9 Å². The Kier molecular flexibility index (Phi) is 4.90. The fraction of sp³-hybridized carbons (Fsp3) is 0.100. The summed E-state index contributed by atoms with van der Waals surface area (Å²) in [5.41, 5.74) is 3.64. The number of methoxy groups -OCH3 is 1. The van der Waals surface area contributed by atoms with E-state index in [1.807, 2.05) is 6.07 Å². The maximum absolute atomic E-state index is 12.7. The number of hydrogen-bond donors (Lipinski definition) is 1. The van der Waals surface area contributed by atoms with Crippen LogP contribution in [0.3, 0.4) is 0 Å². The van der Waals surface area contributed by atoms with Crippen LogP contribution in [0.4, 0.5) is 5.69 Å². The molecular weight excluding hydrogens is 332 g/mol. The second-order valence-electron chi connectivity index (χ2n) is 5.35. The summed E-state index contributed by atoms with van der Waals surface area (Å²) in [7, 11) is 1.50. The summed E-state index contributed by atoms with van der Waals surface area (Å²) in [5, 5.41) is 1.20. The van der Waals surface area contributed by atoms with Gasteiger partial charge in [0.2, 0.25) is 0 Å². The van der Waals surface area contributed by atoms with Crippen molar-refractivity contribution in [2.24, 2.45) is 0 Å². The zero-order valence-electron chi connectivity index (χ0n) is 14.1. The third-order valence-corrected chi connectivity index (χ3v) is 3.73. The average Bonchev–Trinajstić information content (AvgIpc) is 2.95. The van der Waals surface area contributed by atoms with Crippen molar-refractivity contribution in [1.82, 2.24) is 5.43 Å². The van der Waals surface area contributed by atoms with Crippen LogP contribution >= 0.6 is 0 Å². The van der Waals surface area contributed by atoms with Gasteiger partial charge in [-0.1, -0.05) is 36.3 Å². The molecule has 2 amide bonds. The van der Waals surface area contributed by atoms with Crippen LogP contribution in [0.5, 0.6) is 11.5 Å². The molecule has 1 N–H and O–H groups in total. The number of ether oxygens (including phenoxy) is 2. The van der Waals surface area contributed by atoms with Crippen molar-refractivity contribution in [1.29, 1.82) is 0 Å². The Hall–Kier alpha value is -3.72. The highest BCUT2D eigenvalue weighted by molar-refractivity contribution is 6.31. The zero-order chi connectivity index (χ0) is 18.5. The third kappa shape index (κ3) is 3.23. The van der Waals surface area contributed by atoms with Crippen LogP contribution in [-0.4, -0.2) is 25.5 Å². The van der Waals surface area contributed by atoms with Gasteiger partial charge in [0, 0.05) is 5.56 Å². The normalized spacial score (nSPS) is 14.9. The van der Waals surface area contributed by atoms with Gasteiger partial charge in [-0.15, -0.1) is 6.42 Å². The molecule has 0 radical (unpaired) electrons. The molecule has 0 atom stereocenters. The standard InChI is InChI=1S/C20H16N2O4/c1-3-12-26-18-14(8-7-11-17(18)25-2)13-16-19(23)21-22(20(16)24)15-9-5-4-6-10-15/h1,4-11,13H,12H2,2H3,(H,21,23). The van der Waals surface area contributed by atoms with Crippen LogP contribution in [0, 0.1) is 12.3 Å². The van der Waals surface area contributed by atoms with Crippen molar-refractivity contribution in [3.63, 3.8) is 0 Å². The molecule has 0 aliphatic carbocycles. The second kappa shape index (κ2) is 7.45. The summed E-state index contributed by atoms with van der Waals surface area (Å²) >= 11 is 0. The molecule has 26 heavy (non-hydrogen) atoms. The van der Waals surface area contributed by atoms with Gasteiger partial charge in [-0.05, 0) is 24.3 Å². The van der Waals surface area contributed by atoms with Gasteiger partial charge in [0.1, 0.15) is 12.2 Å². The van der Waals surface area contributed by atoms with Gasteiger partial charge in [0.25, 0.3) is 11.8 Å². The lowest BCUT2D eigenvalue weighted by Gasteiger charge is -2.14. The lowest BCUT2D eigenvalue weighted by atomic mass is 10.1. The Morgan fingerprint density at radius 1 is 1.15 bits per heavy atom. The number of anilines is 1. The van der Waals surface area contributed by atoms with Crippen molar-refractivity contribution in [3.05, 3.63) is 59.7 Å². The largest absolute Gasteiger partial charge is 0.493 e. The number of carbonyl (C=O) groups is 2. The molecule has 6 heteroatoms. The summed E-state index contributed by atoms with van der Waals surface area (Å²) < 4.78 is 10.8. The van der Waals surface area contributed by atoms with Gasteiger partial charge < -0.3 is 9.47 Å². The summed E-state index contributed by atoms with van der Waals surface area (Å²) in [6.45, 7) is 0.0346. The van der Waals surface area contributed by atoms with E-state index in [1.165, 1.54) is 18.2 Å². The summed E-state index contributed by atoms with van der Waals surface area (Å²) in [4.78, 5) is 25.0. The minimum atomic E-state index is -0.496. The first-order valence-electron chi connectivity index (χ1n) is 7.81. The van der Waals surface area contributed by atoms with Crippen LogP contribution in [-0.2, 0) is 9.59 Å².